The first-order chi connectivity index (χ1) is 10.6. The maximum Gasteiger partial charge on any atom is 0.417 e. The lowest BCUT2D eigenvalue weighted by Gasteiger charge is -2.16. The van der Waals surface area contributed by atoms with Gasteiger partial charge in [0, 0.05) is 5.39 Å². The zero-order valence-corrected chi connectivity index (χ0v) is 12.7. The second kappa shape index (κ2) is 7.04. The Morgan fingerprint density at radius 3 is 2.59 bits per heavy atom. The fraction of sp³-hybridized carbons (Fsp3) is 0.400. The van der Waals surface area contributed by atoms with Gasteiger partial charge < -0.3 is 14.6 Å². The molecule has 0 amide bonds. The highest BCUT2D eigenvalue weighted by molar-refractivity contribution is 5.94. The molecule has 2 N–H and O–H groups in total. The highest BCUT2D eigenvalue weighted by Crippen LogP contribution is 2.29. The number of para-hydroxylation sites is 1. The first kappa shape index (κ1) is 16.0. The summed E-state index contributed by atoms with van der Waals surface area (Å²) < 4.78 is 5.02. The van der Waals surface area contributed by atoms with E-state index in [4.69, 9.17) is 4.42 Å². The van der Waals surface area contributed by atoms with Crippen LogP contribution in [-0.2, 0) is 0 Å². The van der Waals surface area contributed by atoms with Crippen molar-refractivity contribution in [3.8, 4) is 0 Å². The lowest BCUT2D eigenvalue weighted by atomic mass is 10.2. The fourth-order valence-corrected chi connectivity index (χ4v) is 2.45. The van der Waals surface area contributed by atoms with Gasteiger partial charge in [0.1, 0.15) is 11.3 Å². The van der Waals surface area contributed by atoms with Gasteiger partial charge in [-0.2, -0.15) is 0 Å². The first-order valence-corrected chi connectivity index (χ1v) is 7.36. The molecule has 0 unspecified atom stereocenters. The van der Waals surface area contributed by atoms with E-state index in [1.54, 1.807) is 24.3 Å². The zero-order chi connectivity index (χ0) is 16.1. The van der Waals surface area contributed by atoms with E-state index < -0.39 is 16.2 Å². The summed E-state index contributed by atoms with van der Waals surface area (Å²) >= 11 is 0. The molecule has 0 aliphatic carbocycles. The van der Waals surface area contributed by atoms with Crippen LogP contribution in [0.4, 0.5) is 11.4 Å². The minimum Gasteiger partial charge on any atom is -0.418 e. The number of anilines is 1. The van der Waals surface area contributed by atoms with E-state index in [-0.39, 0.29) is 5.69 Å². The van der Waals surface area contributed by atoms with Crippen molar-refractivity contribution >= 4 is 22.3 Å². The zero-order valence-electron chi connectivity index (χ0n) is 12.7. The summed E-state index contributed by atoms with van der Waals surface area (Å²) in [6, 6.07) is 6.81. The van der Waals surface area contributed by atoms with Gasteiger partial charge >= 0.3 is 11.3 Å². The van der Waals surface area contributed by atoms with Crippen molar-refractivity contribution in [3.05, 3.63) is 44.8 Å². The number of nitrogens with zero attached hydrogens (tertiary/aromatic N) is 1. The number of hydrogen-bond donors (Lipinski definition) is 2. The van der Waals surface area contributed by atoms with Gasteiger partial charge in [-0.15, -0.1) is 0 Å². The maximum absolute atomic E-state index is 11.9. The Morgan fingerprint density at radius 2 is 1.95 bits per heavy atom. The molecule has 118 valence electrons. The van der Waals surface area contributed by atoms with E-state index in [0.29, 0.717) is 17.5 Å². The van der Waals surface area contributed by atoms with Gasteiger partial charge in [-0.25, -0.2) is 4.79 Å². The molecule has 0 spiro atoms. The lowest BCUT2D eigenvalue weighted by molar-refractivity contribution is -0.894. The summed E-state index contributed by atoms with van der Waals surface area (Å²) in [6.07, 6.45) is 0. The van der Waals surface area contributed by atoms with E-state index in [1.165, 1.54) is 4.90 Å². The Balaban J connectivity index is 2.39. The summed E-state index contributed by atoms with van der Waals surface area (Å²) in [6.45, 7) is 7.52. The molecule has 0 saturated carbocycles. The van der Waals surface area contributed by atoms with Gasteiger partial charge in [0.25, 0.3) is 0 Å². The molecule has 7 nitrogen and oxygen atoms in total. The molecule has 1 heterocycles. The molecule has 7 heteroatoms. The Bertz CT molecular complexity index is 722. The summed E-state index contributed by atoms with van der Waals surface area (Å²) in [4.78, 5) is 23.7. The van der Waals surface area contributed by atoms with Crippen LogP contribution in [0, 0.1) is 10.1 Å². The third-order valence-electron chi connectivity index (χ3n) is 3.75. The van der Waals surface area contributed by atoms with Crippen LogP contribution in [0.1, 0.15) is 13.8 Å². The van der Waals surface area contributed by atoms with Crippen molar-refractivity contribution in [2.24, 2.45) is 0 Å². The van der Waals surface area contributed by atoms with Gasteiger partial charge in [0.15, 0.2) is 0 Å². The topological polar surface area (TPSA) is 89.8 Å². The Hall–Kier alpha value is -2.41. The van der Waals surface area contributed by atoms with Crippen LogP contribution >= 0.6 is 0 Å². The van der Waals surface area contributed by atoms with Gasteiger partial charge in [0.2, 0.25) is 0 Å². The predicted molar refractivity (Wildman–Crippen MR) is 84.5 cm³/mol. The van der Waals surface area contributed by atoms with Crippen LogP contribution in [0.15, 0.2) is 33.5 Å². The molecule has 0 saturated heterocycles. The number of nitro groups is 1. The van der Waals surface area contributed by atoms with Gasteiger partial charge in [-0.1, -0.05) is 12.1 Å². The lowest BCUT2D eigenvalue weighted by Crippen LogP contribution is -3.12. The van der Waals surface area contributed by atoms with Crippen LogP contribution in [0.25, 0.3) is 11.0 Å². The van der Waals surface area contributed by atoms with Crippen LogP contribution < -0.4 is 15.8 Å². The molecular formula is C15H20N3O4+. The monoisotopic (exact) mass is 306 g/mol. The van der Waals surface area contributed by atoms with Crippen molar-refractivity contribution in [2.75, 3.05) is 31.5 Å². The first-order valence-electron chi connectivity index (χ1n) is 7.36. The van der Waals surface area contributed by atoms with Gasteiger partial charge in [-0.05, 0) is 26.0 Å². The fourth-order valence-electron chi connectivity index (χ4n) is 2.45. The molecule has 0 atom stereocenters. The summed E-state index contributed by atoms with van der Waals surface area (Å²) in [5, 5.41) is 14.8. The molecule has 1 aromatic carbocycles. The molecule has 0 fully saturated rings. The number of fused-ring (bicyclic) bond motifs is 1. The van der Waals surface area contributed by atoms with E-state index in [2.05, 4.69) is 19.2 Å². The van der Waals surface area contributed by atoms with E-state index in [9.17, 15) is 14.9 Å². The van der Waals surface area contributed by atoms with Crippen molar-refractivity contribution < 1.29 is 14.2 Å². The average Bonchev–Trinajstić information content (AvgIpc) is 2.50. The van der Waals surface area contributed by atoms with Crippen LogP contribution in [0.2, 0.25) is 0 Å². The molecule has 0 radical (unpaired) electrons. The molecule has 2 rings (SSSR count). The van der Waals surface area contributed by atoms with Crippen molar-refractivity contribution in [2.45, 2.75) is 13.8 Å². The van der Waals surface area contributed by atoms with Crippen LogP contribution in [-0.4, -0.2) is 31.1 Å². The highest BCUT2D eigenvalue weighted by Gasteiger charge is 2.24. The van der Waals surface area contributed by atoms with Crippen LogP contribution in [0.3, 0.4) is 0 Å². The van der Waals surface area contributed by atoms with Crippen molar-refractivity contribution in [1.82, 2.24) is 0 Å². The average molecular weight is 306 g/mol. The molecule has 0 aliphatic heterocycles. The second-order valence-electron chi connectivity index (χ2n) is 5.00. The molecule has 0 bridgehead atoms. The quantitative estimate of drug-likeness (QED) is 0.453. The second-order valence-corrected chi connectivity index (χ2v) is 5.00. The summed E-state index contributed by atoms with van der Waals surface area (Å²) in [5.74, 6) is 0. The molecule has 1 aromatic heterocycles. The third-order valence-corrected chi connectivity index (χ3v) is 3.75. The minimum absolute atomic E-state index is 0.239. The van der Waals surface area contributed by atoms with E-state index in [1.807, 2.05) is 0 Å². The van der Waals surface area contributed by atoms with Crippen LogP contribution in [0.5, 0.6) is 0 Å². The normalized spacial score (nSPS) is 11.0. The minimum atomic E-state index is -0.929. The number of likely N-dealkylation sites (N-methyl/N-ethyl adjacent to an activating group) is 1. The summed E-state index contributed by atoms with van der Waals surface area (Å²) in [5.41, 5.74) is -0.881. The molecule has 2 aromatic rings. The number of rotatable bonds is 7. The predicted octanol–water partition coefficient (Wildman–Crippen LogP) is 1.04. The number of benzene rings is 1. The van der Waals surface area contributed by atoms with Gasteiger partial charge in [0.05, 0.1) is 31.1 Å². The SMILES string of the molecule is CC[NH+](CC)CCNc1c([N+](=O)[O-])c(=O)oc2ccccc12. The Kier molecular flexibility index (Phi) is 5.11. The van der Waals surface area contributed by atoms with Crippen molar-refractivity contribution in [1.29, 1.82) is 0 Å². The Morgan fingerprint density at radius 1 is 1.27 bits per heavy atom. The number of quaternary nitrogens is 1. The van der Waals surface area contributed by atoms with E-state index >= 15 is 0 Å². The maximum atomic E-state index is 11.9. The van der Waals surface area contributed by atoms with E-state index in [0.717, 1.165) is 19.6 Å². The summed E-state index contributed by atoms with van der Waals surface area (Å²) in [7, 11) is 0. The molecule has 22 heavy (non-hydrogen) atoms. The Labute approximate surface area is 127 Å². The largest absolute Gasteiger partial charge is 0.418 e. The number of nitrogens with one attached hydrogen (secondary N) is 2. The van der Waals surface area contributed by atoms with Crippen molar-refractivity contribution in [3.63, 3.8) is 0 Å². The standard InChI is InChI=1S/C15H19N3O4/c1-3-17(4-2)10-9-16-13-11-7-5-6-8-12(11)22-15(19)14(13)18(20)21/h5-8,16H,3-4,9-10H2,1-2H3/p+1. The smallest absolute Gasteiger partial charge is 0.417 e. The molecule has 0 aliphatic rings. The van der Waals surface area contributed by atoms with Gasteiger partial charge in [-0.3, -0.25) is 10.1 Å². The molecular weight excluding hydrogens is 286 g/mol. The number of hydrogen-bond acceptors (Lipinski definition) is 5. The third kappa shape index (κ3) is 3.25. The highest BCUT2D eigenvalue weighted by atomic mass is 16.6.